The lowest BCUT2D eigenvalue weighted by Gasteiger charge is -2.26. The van der Waals surface area contributed by atoms with E-state index in [1.807, 2.05) is 18.2 Å². The lowest BCUT2D eigenvalue weighted by Crippen LogP contribution is -2.35. The molecule has 2 heterocycles. The van der Waals surface area contributed by atoms with Gasteiger partial charge in [0.1, 0.15) is 0 Å². The third kappa shape index (κ3) is 3.53. The van der Waals surface area contributed by atoms with Gasteiger partial charge in [-0.1, -0.05) is 33.3 Å². The molecule has 2 amide bonds. The highest BCUT2D eigenvalue weighted by Gasteiger charge is 2.25. The fourth-order valence-electron chi connectivity index (χ4n) is 2.36. The van der Waals surface area contributed by atoms with Crippen LogP contribution in [0.4, 0.5) is 9.93 Å². The molecule has 1 aliphatic heterocycles. The number of amides is 2. The number of benzene rings is 1. The second-order valence-electron chi connectivity index (χ2n) is 4.99. The Morgan fingerprint density at radius 2 is 2.26 bits per heavy atom. The molecule has 120 valence electrons. The van der Waals surface area contributed by atoms with Crippen LogP contribution in [0.2, 0.25) is 0 Å². The third-order valence-corrected chi connectivity index (χ3v) is 4.98. The number of hydrogen-bond donors (Lipinski definition) is 1. The molecule has 1 aliphatic rings. The van der Waals surface area contributed by atoms with Gasteiger partial charge in [-0.25, -0.2) is 9.78 Å². The zero-order valence-corrected chi connectivity index (χ0v) is 14.7. The Labute approximate surface area is 145 Å². The smallest absolute Gasteiger partial charge is 0.413 e. The average molecular weight is 396 g/mol. The number of nitrogens with one attached hydrogen (secondary N) is 1. The van der Waals surface area contributed by atoms with Crippen molar-refractivity contribution in [3.8, 4) is 0 Å². The van der Waals surface area contributed by atoms with Crippen molar-refractivity contribution in [2.24, 2.45) is 0 Å². The van der Waals surface area contributed by atoms with Gasteiger partial charge in [-0.05, 0) is 18.2 Å². The summed E-state index contributed by atoms with van der Waals surface area (Å²) in [6.07, 6.45) is 0.132. The number of thiazole rings is 1. The second kappa shape index (κ2) is 6.67. The number of carbonyl (C=O) groups is 2. The highest BCUT2D eigenvalue weighted by atomic mass is 79.9. The topological polar surface area (TPSA) is 71.5 Å². The zero-order valence-electron chi connectivity index (χ0n) is 12.3. The maximum atomic E-state index is 12.6. The molecule has 23 heavy (non-hydrogen) atoms. The predicted molar refractivity (Wildman–Crippen MR) is 90.7 cm³/mol. The van der Waals surface area contributed by atoms with E-state index in [4.69, 9.17) is 0 Å². The molecule has 0 spiro atoms. The summed E-state index contributed by atoms with van der Waals surface area (Å²) in [7, 11) is 1.31. The Kier molecular flexibility index (Phi) is 4.63. The predicted octanol–water partition coefficient (Wildman–Crippen LogP) is 3.28. The SMILES string of the molecule is COC(=O)Nc1nc2c(s1)CN(C(=O)c1cccc(Br)c1)CC2. The fourth-order valence-corrected chi connectivity index (χ4v) is 3.77. The lowest BCUT2D eigenvalue weighted by atomic mass is 10.1. The van der Waals surface area contributed by atoms with E-state index in [1.165, 1.54) is 18.4 Å². The van der Waals surface area contributed by atoms with E-state index in [-0.39, 0.29) is 5.91 Å². The molecule has 0 atom stereocenters. The summed E-state index contributed by atoms with van der Waals surface area (Å²) in [5.74, 6) is -0.00664. The van der Waals surface area contributed by atoms with Gasteiger partial charge in [-0.2, -0.15) is 0 Å². The van der Waals surface area contributed by atoms with Gasteiger partial charge >= 0.3 is 6.09 Å². The van der Waals surface area contributed by atoms with Gasteiger partial charge in [0.15, 0.2) is 5.13 Å². The van der Waals surface area contributed by atoms with Crippen molar-refractivity contribution >= 4 is 44.4 Å². The number of ether oxygens (including phenoxy) is 1. The lowest BCUT2D eigenvalue weighted by molar-refractivity contribution is 0.0736. The molecule has 6 nitrogen and oxygen atoms in total. The zero-order chi connectivity index (χ0) is 16.4. The number of hydrogen-bond acceptors (Lipinski definition) is 5. The molecule has 1 aromatic heterocycles. The van der Waals surface area contributed by atoms with Crippen LogP contribution in [0, 0.1) is 0 Å². The quantitative estimate of drug-likeness (QED) is 0.846. The molecule has 1 aromatic carbocycles. The van der Waals surface area contributed by atoms with Crippen LogP contribution >= 0.6 is 27.3 Å². The van der Waals surface area contributed by atoms with E-state index in [0.29, 0.717) is 30.2 Å². The van der Waals surface area contributed by atoms with E-state index >= 15 is 0 Å². The Hall–Kier alpha value is -1.93. The van der Waals surface area contributed by atoms with Crippen LogP contribution in [0.3, 0.4) is 0 Å². The van der Waals surface area contributed by atoms with Gasteiger partial charge in [-0.3, -0.25) is 10.1 Å². The normalized spacial score (nSPS) is 13.4. The first-order chi connectivity index (χ1) is 11.1. The highest BCUT2D eigenvalue weighted by Crippen LogP contribution is 2.29. The molecule has 0 fully saturated rings. The minimum absolute atomic E-state index is 0.00664. The molecule has 1 N–H and O–H groups in total. The van der Waals surface area contributed by atoms with E-state index in [1.54, 1.807) is 11.0 Å². The van der Waals surface area contributed by atoms with E-state index < -0.39 is 6.09 Å². The number of rotatable bonds is 2. The van der Waals surface area contributed by atoms with Crippen LogP contribution in [0.5, 0.6) is 0 Å². The monoisotopic (exact) mass is 395 g/mol. The van der Waals surface area contributed by atoms with Crippen molar-refractivity contribution in [2.45, 2.75) is 13.0 Å². The van der Waals surface area contributed by atoms with Gasteiger partial charge in [0, 0.05) is 27.9 Å². The summed E-state index contributed by atoms with van der Waals surface area (Å²) in [4.78, 5) is 31.0. The van der Waals surface area contributed by atoms with E-state index in [9.17, 15) is 9.59 Å². The highest BCUT2D eigenvalue weighted by molar-refractivity contribution is 9.10. The standard InChI is InChI=1S/C15H14BrN3O3S/c1-22-15(21)18-14-17-11-5-6-19(8-12(11)23-14)13(20)9-3-2-4-10(16)7-9/h2-4,7H,5-6,8H2,1H3,(H,17,18,21). The Morgan fingerprint density at radius 3 is 3.00 bits per heavy atom. The minimum Gasteiger partial charge on any atom is -0.453 e. The summed E-state index contributed by atoms with van der Waals surface area (Å²) in [6.45, 7) is 1.11. The third-order valence-electron chi connectivity index (χ3n) is 3.48. The van der Waals surface area contributed by atoms with Crippen LogP contribution < -0.4 is 5.32 Å². The minimum atomic E-state index is -0.543. The van der Waals surface area contributed by atoms with E-state index in [0.717, 1.165) is 15.0 Å². The average Bonchev–Trinajstić information content (AvgIpc) is 2.95. The molecule has 0 radical (unpaired) electrons. The molecule has 3 rings (SSSR count). The van der Waals surface area contributed by atoms with Gasteiger partial charge in [0.2, 0.25) is 0 Å². The van der Waals surface area contributed by atoms with Crippen molar-refractivity contribution in [3.05, 3.63) is 44.9 Å². The summed E-state index contributed by atoms with van der Waals surface area (Å²) < 4.78 is 5.44. The maximum absolute atomic E-state index is 12.6. The van der Waals surface area contributed by atoms with Crippen LogP contribution in [0.15, 0.2) is 28.7 Å². The number of fused-ring (bicyclic) bond motifs is 1. The number of anilines is 1. The van der Waals surface area contributed by atoms with Gasteiger partial charge < -0.3 is 9.64 Å². The summed E-state index contributed by atoms with van der Waals surface area (Å²) in [5, 5.41) is 3.07. The van der Waals surface area contributed by atoms with Gasteiger partial charge in [0.05, 0.1) is 19.3 Å². The number of methoxy groups -OCH3 is 1. The molecule has 0 bridgehead atoms. The first-order valence-corrected chi connectivity index (χ1v) is 8.56. The molecule has 0 saturated heterocycles. The van der Waals surface area contributed by atoms with Crippen LogP contribution in [-0.2, 0) is 17.7 Å². The van der Waals surface area contributed by atoms with E-state index in [2.05, 4.69) is 31.0 Å². The molecule has 2 aromatic rings. The Morgan fingerprint density at radius 1 is 1.43 bits per heavy atom. The molecular weight excluding hydrogens is 382 g/mol. The Balaban J connectivity index is 1.75. The van der Waals surface area contributed by atoms with Crippen molar-refractivity contribution in [1.29, 1.82) is 0 Å². The fraction of sp³-hybridized carbons (Fsp3) is 0.267. The number of halogens is 1. The summed E-state index contributed by atoms with van der Waals surface area (Å²) >= 11 is 4.75. The van der Waals surface area contributed by atoms with Crippen molar-refractivity contribution < 1.29 is 14.3 Å². The molecule has 0 saturated carbocycles. The van der Waals surface area contributed by atoms with Crippen molar-refractivity contribution in [3.63, 3.8) is 0 Å². The summed E-state index contributed by atoms with van der Waals surface area (Å²) in [6, 6.07) is 7.35. The van der Waals surface area contributed by atoms with Crippen LogP contribution in [0.25, 0.3) is 0 Å². The number of nitrogens with zero attached hydrogens (tertiary/aromatic N) is 2. The van der Waals surface area contributed by atoms with Crippen molar-refractivity contribution in [1.82, 2.24) is 9.88 Å². The Bertz CT molecular complexity index is 762. The van der Waals surface area contributed by atoms with Gasteiger partial charge in [0.25, 0.3) is 5.91 Å². The maximum Gasteiger partial charge on any atom is 0.413 e. The molecule has 0 unspecified atom stereocenters. The number of aromatic nitrogens is 1. The summed E-state index contributed by atoms with van der Waals surface area (Å²) in [5.41, 5.74) is 1.58. The van der Waals surface area contributed by atoms with Crippen molar-refractivity contribution in [2.75, 3.05) is 19.0 Å². The first-order valence-electron chi connectivity index (χ1n) is 6.95. The van der Waals surface area contributed by atoms with Crippen LogP contribution in [-0.4, -0.2) is 35.5 Å². The molecular formula is C15H14BrN3O3S. The second-order valence-corrected chi connectivity index (χ2v) is 6.99. The van der Waals surface area contributed by atoms with Gasteiger partial charge in [-0.15, -0.1) is 0 Å². The molecule has 8 heteroatoms. The largest absolute Gasteiger partial charge is 0.453 e. The molecule has 0 aliphatic carbocycles. The van der Waals surface area contributed by atoms with Crippen LogP contribution in [0.1, 0.15) is 20.9 Å². The first kappa shape index (κ1) is 15.9. The number of carbonyl (C=O) groups excluding carboxylic acids is 2.